The Labute approximate surface area is 121 Å². The highest BCUT2D eigenvalue weighted by Gasteiger charge is 2.13. The predicted molar refractivity (Wildman–Crippen MR) is 76.4 cm³/mol. The standard InChI is InChI=1S/C14H9FN2O3S/c15-8-3-1-2-7(4-8)5-11-16-9-6-10(14(19)20)21-12(9)13(18)17-11/h1-4,6H,5H2,(H,19,20)(H,16,17,18). The fourth-order valence-electron chi connectivity index (χ4n) is 2.02. The molecule has 0 unspecified atom stereocenters. The minimum Gasteiger partial charge on any atom is -0.477 e. The Balaban J connectivity index is 2.04. The van der Waals surface area contributed by atoms with Gasteiger partial charge in [0, 0.05) is 6.42 Å². The summed E-state index contributed by atoms with van der Waals surface area (Å²) in [4.78, 5) is 29.8. The number of hydrogen-bond acceptors (Lipinski definition) is 4. The number of hydrogen-bond donors (Lipinski definition) is 2. The van der Waals surface area contributed by atoms with Crippen molar-refractivity contribution < 1.29 is 14.3 Å². The Morgan fingerprint density at radius 1 is 1.38 bits per heavy atom. The van der Waals surface area contributed by atoms with Crippen LogP contribution in [0.5, 0.6) is 0 Å². The number of benzene rings is 1. The molecule has 2 N–H and O–H groups in total. The molecule has 7 heteroatoms. The average molecular weight is 304 g/mol. The second-order valence-corrected chi connectivity index (χ2v) is 5.50. The van der Waals surface area contributed by atoms with Gasteiger partial charge in [0.1, 0.15) is 21.2 Å². The van der Waals surface area contributed by atoms with E-state index in [9.17, 15) is 14.0 Å². The quantitative estimate of drug-likeness (QED) is 0.778. The molecule has 0 aliphatic heterocycles. The molecule has 2 heterocycles. The molecule has 2 aromatic heterocycles. The molecule has 0 saturated carbocycles. The van der Waals surface area contributed by atoms with Crippen LogP contribution in [0.2, 0.25) is 0 Å². The smallest absolute Gasteiger partial charge is 0.345 e. The van der Waals surface area contributed by atoms with E-state index < -0.39 is 5.97 Å². The van der Waals surface area contributed by atoms with Crippen LogP contribution in [0.4, 0.5) is 4.39 Å². The van der Waals surface area contributed by atoms with Gasteiger partial charge in [-0.3, -0.25) is 4.79 Å². The first-order valence-corrected chi connectivity index (χ1v) is 6.85. The Hall–Kier alpha value is -2.54. The fourth-order valence-corrected chi connectivity index (χ4v) is 2.85. The summed E-state index contributed by atoms with van der Waals surface area (Å²) >= 11 is 0.884. The van der Waals surface area contributed by atoms with Crippen molar-refractivity contribution in [3.05, 3.63) is 62.8 Å². The Kier molecular flexibility index (Phi) is 3.26. The molecule has 0 radical (unpaired) electrons. The number of aromatic nitrogens is 2. The summed E-state index contributed by atoms with van der Waals surface area (Å²) in [6.45, 7) is 0. The Morgan fingerprint density at radius 2 is 2.19 bits per heavy atom. The van der Waals surface area contributed by atoms with Gasteiger partial charge in [-0.25, -0.2) is 14.2 Å². The van der Waals surface area contributed by atoms with Crippen molar-refractivity contribution in [1.82, 2.24) is 9.97 Å². The predicted octanol–water partition coefficient (Wildman–Crippen LogP) is 2.41. The molecule has 5 nitrogen and oxygen atoms in total. The second kappa shape index (κ2) is 5.10. The Bertz CT molecular complexity index is 901. The van der Waals surface area contributed by atoms with E-state index in [2.05, 4.69) is 9.97 Å². The van der Waals surface area contributed by atoms with Gasteiger partial charge >= 0.3 is 5.97 Å². The monoisotopic (exact) mass is 304 g/mol. The maximum atomic E-state index is 13.1. The molecule has 0 spiro atoms. The van der Waals surface area contributed by atoms with Gasteiger partial charge in [0.25, 0.3) is 5.56 Å². The second-order valence-electron chi connectivity index (χ2n) is 4.45. The van der Waals surface area contributed by atoms with Crippen LogP contribution in [0.3, 0.4) is 0 Å². The first-order valence-electron chi connectivity index (χ1n) is 6.03. The van der Waals surface area contributed by atoms with Crippen molar-refractivity contribution in [1.29, 1.82) is 0 Å². The topological polar surface area (TPSA) is 83.0 Å². The lowest BCUT2D eigenvalue weighted by atomic mass is 10.1. The molecule has 0 aliphatic rings. The number of nitrogens with zero attached hydrogens (tertiary/aromatic N) is 1. The van der Waals surface area contributed by atoms with Crippen molar-refractivity contribution in [2.24, 2.45) is 0 Å². The summed E-state index contributed by atoms with van der Waals surface area (Å²) in [7, 11) is 0. The van der Waals surface area contributed by atoms with Gasteiger partial charge in [0.05, 0.1) is 5.52 Å². The van der Waals surface area contributed by atoms with Gasteiger partial charge in [0.15, 0.2) is 0 Å². The van der Waals surface area contributed by atoms with E-state index in [1.54, 1.807) is 12.1 Å². The van der Waals surface area contributed by atoms with E-state index in [0.717, 1.165) is 11.3 Å². The van der Waals surface area contributed by atoms with Gasteiger partial charge in [-0.05, 0) is 23.8 Å². The lowest BCUT2D eigenvalue weighted by molar-refractivity contribution is 0.0702. The number of thiophene rings is 1. The number of H-pyrrole nitrogens is 1. The molecule has 106 valence electrons. The minimum atomic E-state index is -1.09. The van der Waals surface area contributed by atoms with Crippen LogP contribution >= 0.6 is 11.3 Å². The van der Waals surface area contributed by atoms with Crippen LogP contribution in [-0.2, 0) is 6.42 Å². The highest BCUT2D eigenvalue weighted by atomic mass is 32.1. The van der Waals surface area contributed by atoms with E-state index in [1.165, 1.54) is 18.2 Å². The fraction of sp³-hybridized carbons (Fsp3) is 0.0714. The van der Waals surface area contributed by atoms with Crippen LogP contribution in [0.15, 0.2) is 35.1 Å². The molecule has 0 fully saturated rings. The van der Waals surface area contributed by atoms with Crippen LogP contribution in [-0.4, -0.2) is 21.0 Å². The molecule has 0 atom stereocenters. The molecule has 3 aromatic rings. The van der Waals surface area contributed by atoms with Crippen LogP contribution in [0, 0.1) is 5.82 Å². The molecule has 0 aliphatic carbocycles. The summed E-state index contributed by atoms with van der Waals surface area (Å²) in [6, 6.07) is 7.37. The number of carboxylic acids is 1. The molecular weight excluding hydrogens is 295 g/mol. The lowest BCUT2D eigenvalue weighted by Gasteiger charge is -2.01. The maximum absolute atomic E-state index is 13.1. The Morgan fingerprint density at radius 3 is 2.90 bits per heavy atom. The van der Waals surface area contributed by atoms with E-state index in [0.29, 0.717) is 16.9 Å². The van der Waals surface area contributed by atoms with Crippen molar-refractivity contribution in [2.75, 3.05) is 0 Å². The number of carbonyl (C=O) groups is 1. The van der Waals surface area contributed by atoms with Crippen molar-refractivity contribution >= 4 is 27.5 Å². The largest absolute Gasteiger partial charge is 0.477 e. The third-order valence-electron chi connectivity index (χ3n) is 2.90. The van der Waals surface area contributed by atoms with Crippen molar-refractivity contribution in [2.45, 2.75) is 6.42 Å². The molecular formula is C14H9FN2O3S. The van der Waals surface area contributed by atoms with Gasteiger partial charge in [-0.1, -0.05) is 12.1 Å². The first-order chi connectivity index (χ1) is 10.0. The number of carboxylic acid groups (broad SMARTS) is 1. The molecule has 0 bridgehead atoms. The van der Waals surface area contributed by atoms with Crippen molar-refractivity contribution in [3.8, 4) is 0 Å². The van der Waals surface area contributed by atoms with Crippen LogP contribution in [0.1, 0.15) is 21.1 Å². The minimum absolute atomic E-state index is 0.0610. The number of aromatic amines is 1. The maximum Gasteiger partial charge on any atom is 0.345 e. The molecule has 3 rings (SSSR count). The number of fused-ring (bicyclic) bond motifs is 1. The molecule has 21 heavy (non-hydrogen) atoms. The van der Waals surface area contributed by atoms with Gasteiger partial charge < -0.3 is 10.1 Å². The molecule has 0 saturated heterocycles. The molecule has 1 aromatic carbocycles. The van der Waals surface area contributed by atoms with E-state index >= 15 is 0 Å². The first kappa shape index (κ1) is 13.4. The third kappa shape index (κ3) is 2.68. The zero-order chi connectivity index (χ0) is 15.0. The van der Waals surface area contributed by atoms with E-state index in [4.69, 9.17) is 5.11 Å². The van der Waals surface area contributed by atoms with Gasteiger partial charge in [-0.15, -0.1) is 11.3 Å². The van der Waals surface area contributed by atoms with E-state index in [1.807, 2.05) is 0 Å². The SMILES string of the molecule is O=C(O)c1cc2nc(Cc3cccc(F)c3)[nH]c(=O)c2s1. The highest BCUT2D eigenvalue weighted by molar-refractivity contribution is 7.20. The van der Waals surface area contributed by atoms with E-state index in [-0.39, 0.29) is 27.4 Å². The highest BCUT2D eigenvalue weighted by Crippen LogP contribution is 2.21. The lowest BCUT2D eigenvalue weighted by Crippen LogP contribution is -2.10. The number of halogens is 1. The zero-order valence-corrected chi connectivity index (χ0v) is 11.4. The summed E-state index contributed by atoms with van der Waals surface area (Å²) in [5.74, 6) is -1.09. The number of aromatic carboxylic acids is 1. The molecule has 0 amide bonds. The summed E-state index contributed by atoms with van der Waals surface area (Å²) in [5.41, 5.74) is 0.627. The normalized spacial score (nSPS) is 10.9. The average Bonchev–Trinajstić information content (AvgIpc) is 2.83. The van der Waals surface area contributed by atoms with Crippen LogP contribution in [0.25, 0.3) is 10.2 Å². The summed E-state index contributed by atoms with van der Waals surface area (Å²) < 4.78 is 13.4. The third-order valence-corrected chi connectivity index (χ3v) is 4.01. The van der Waals surface area contributed by atoms with Crippen molar-refractivity contribution in [3.63, 3.8) is 0 Å². The summed E-state index contributed by atoms with van der Waals surface area (Å²) in [6.07, 6.45) is 0.265. The summed E-state index contributed by atoms with van der Waals surface area (Å²) in [5, 5.41) is 8.94. The zero-order valence-electron chi connectivity index (χ0n) is 10.6. The van der Waals surface area contributed by atoms with Crippen LogP contribution < -0.4 is 5.56 Å². The van der Waals surface area contributed by atoms with Gasteiger partial charge in [0.2, 0.25) is 0 Å². The number of nitrogens with one attached hydrogen (secondary N) is 1. The number of rotatable bonds is 3. The van der Waals surface area contributed by atoms with Gasteiger partial charge in [-0.2, -0.15) is 0 Å².